The first-order valence-electron chi connectivity index (χ1n) is 15.6. The van der Waals surface area contributed by atoms with Crippen LogP contribution in [0.5, 0.6) is 0 Å². The lowest BCUT2D eigenvalue weighted by Crippen LogP contribution is -2.50. The van der Waals surface area contributed by atoms with Crippen molar-refractivity contribution >= 4 is 39.7 Å². The molecule has 46 heavy (non-hydrogen) atoms. The van der Waals surface area contributed by atoms with Crippen LogP contribution in [-0.2, 0) is 43.4 Å². The molecule has 2 amide bonds. The predicted octanol–water partition coefficient (Wildman–Crippen LogP) is 5.55. The normalized spacial score (nSPS) is 17.4. The zero-order chi connectivity index (χ0) is 35.5. The van der Waals surface area contributed by atoms with Crippen LogP contribution >= 0.6 is 0 Å². The molecular weight excluding hydrogens is 614 g/mol. The summed E-state index contributed by atoms with van der Waals surface area (Å²) in [6, 6.07) is 5.57. The fourth-order valence-electron chi connectivity index (χ4n) is 6.75. The third-order valence-corrected chi connectivity index (χ3v) is 11.0. The summed E-state index contributed by atoms with van der Waals surface area (Å²) in [6.07, 6.45) is -0.0520. The zero-order valence-corrected chi connectivity index (χ0v) is 30.0. The van der Waals surface area contributed by atoms with Gasteiger partial charge in [0, 0.05) is 12.8 Å². The number of benzene rings is 1. The smallest absolute Gasteiger partial charge is 0.312 e. The molecule has 1 aromatic carbocycles. The molecule has 0 saturated heterocycles. The van der Waals surface area contributed by atoms with Crippen LogP contribution in [0.25, 0.3) is 0 Å². The summed E-state index contributed by atoms with van der Waals surface area (Å²) >= 11 is 0. The van der Waals surface area contributed by atoms with Crippen LogP contribution in [0, 0.1) is 33.5 Å². The highest BCUT2D eigenvalue weighted by molar-refractivity contribution is 7.90. The minimum atomic E-state index is -4.28. The Hall–Kier alpha value is -3.28. The predicted molar refractivity (Wildman–Crippen MR) is 171 cm³/mol. The van der Waals surface area contributed by atoms with Gasteiger partial charge < -0.3 is 14.2 Å². The second-order valence-corrected chi connectivity index (χ2v) is 16.8. The van der Waals surface area contributed by atoms with Crippen LogP contribution in [0.2, 0.25) is 0 Å². The fourth-order valence-corrected chi connectivity index (χ4v) is 8.31. The number of methoxy groups -OCH3 is 1. The Kier molecular flexibility index (Phi) is 12.0. The second kappa shape index (κ2) is 14.2. The maximum absolute atomic E-state index is 13.6. The second-order valence-electron chi connectivity index (χ2n) is 15.0. The van der Waals surface area contributed by atoms with Crippen LogP contribution in [-0.4, -0.2) is 62.8 Å². The van der Waals surface area contributed by atoms with E-state index in [0.717, 1.165) is 0 Å². The van der Waals surface area contributed by atoms with Gasteiger partial charge in [-0.1, -0.05) is 74.4 Å². The molecule has 0 saturated carbocycles. The summed E-state index contributed by atoms with van der Waals surface area (Å²) in [4.78, 5) is 63.6. The van der Waals surface area contributed by atoms with E-state index in [2.05, 4.69) is 0 Å². The van der Waals surface area contributed by atoms with Crippen LogP contribution in [0.3, 0.4) is 0 Å². The van der Waals surface area contributed by atoms with E-state index in [4.69, 9.17) is 14.2 Å². The van der Waals surface area contributed by atoms with Crippen molar-refractivity contribution in [1.82, 2.24) is 4.31 Å². The minimum Gasteiger partial charge on any atom is -0.469 e. The molecule has 0 radical (unpaired) electrons. The van der Waals surface area contributed by atoms with Gasteiger partial charge in [-0.3, -0.25) is 24.0 Å². The molecular formula is C34H51NO10S. The lowest BCUT2D eigenvalue weighted by atomic mass is 9.55. The number of imide groups is 1. The molecule has 2 rings (SSSR count). The van der Waals surface area contributed by atoms with Crippen molar-refractivity contribution < 1.29 is 46.6 Å². The SMILES string of the molecule is COC(=O)C(C(C)(C)C)C(C)(C)CC(C)C(C)(C(=O)OCCOC(=O)CCCC(=O)N1C(=O)c2ccccc2S1(=O)=O)C(C)(C)C. The molecule has 1 aliphatic heterocycles. The number of ether oxygens (including phenoxy) is 3. The van der Waals surface area contributed by atoms with Gasteiger partial charge in [0.15, 0.2) is 0 Å². The minimum absolute atomic E-state index is 0.0381. The van der Waals surface area contributed by atoms with Crippen molar-refractivity contribution in [1.29, 1.82) is 0 Å². The number of fused-ring (bicyclic) bond motifs is 1. The lowest BCUT2D eigenvalue weighted by molar-refractivity contribution is -0.172. The van der Waals surface area contributed by atoms with E-state index < -0.39 is 55.9 Å². The first kappa shape index (κ1) is 38.9. The van der Waals surface area contributed by atoms with Gasteiger partial charge in [0.1, 0.15) is 18.1 Å². The average molecular weight is 666 g/mol. The van der Waals surface area contributed by atoms with Crippen molar-refractivity contribution in [3.63, 3.8) is 0 Å². The zero-order valence-electron chi connectivity index (χ0n) is 29.1. The molecule has 3 unspecified atom stereocenters. The van der Waals surface area contributed by atoms with Gasteiger partial charge >= 0.3 is 17.9 Å². The average Bonchev–Trinajstić information content (AvgIpc) is 3.13. The van der Waals surface area contributed by atoms with Crippen molar-refractivity contribution in [2.45, 2.75) is 99.8 Å². The number of nitrogens with zero attached hydrogens (tertiary/aromatic N) is 1. The molecule has 3 atom stereocenters. The third kappa shape index (κ3) is 8.16. The number of hydrogen-bond acceptors (Lipinski definition) is 10. The highest BCUT2D eigenvalue weighted by atomic mass is 32.2. The summed E-state index contributed by atoms with van der Waals surface area (Å²) in [6.45, 7) is 19.3. The van der Waals surface area contributed by atoms with Gasteiger partial charge in [0.2, 0.25) is 5.91 Å². The fraction of sp³-hybridized carbons (Fsp3) is 0.676. The molecule has 0 aliphatic carbocycles. The third-order valence-electron chi connectivity index (χ3n) is 9.28. The molecule has 0 bridgehead atoms. The largest absolute Gasteiger partial charge is 0.469 e. The number of carbonyl (C=O) groups excluding carboxylic acids is 5. The van der Waals surface area contributed by atoms with Crippen LogP contribution in [0.1, 0.15) is 105 Å². The standard InChI is InChI=1S/C34H51NO10S/c1-22(21-33(8,9)27(29(39)43-11)31(2,3)4)34(10,32(5,6)7)30(40)45-20-19-44-26(37)18-14-17-25(36)35-28(38)23-15-12-13-16-24(23)46(35,41)42/h12-13,15-16,22,27H,14,17-21H2,1-11H3. The van der Waals surface area contributed by atoms with Crippen molar-refractivity contribution in [2.75, 3.05) is 20.3 Å². The molecule has 0 spiro atoms. The van der Waals surface area contributed by atoms with E-state index in [-0.39, 0.29) is 64.5 Å². The number of carbonyl (C=O) groups is 5. The van der Waals surface area contributed by atoms with E-state index >= 15 is 0 Å². The monoisotopic (exact) mass is 665 g/mol. The Morgan fingerprint density at radius 1 is 0.870 bits per heavy atom. The van der Waals surface area contributed by atoms with Gasteiger partial charge in [-0.2, -0.15) is 4.31 Å². The highest BCUT2D eigenvalue weighted by Crippen LogP contribution is 2.52. The maximum Gasteiger partial charge on any atom is 0.312 e. The summed E-state index contributed by atoms with van der Waals surface area (Å²) in [5.41, 5.74) is -2.43. The van der Waals surface area contributed by atoms with E-state index in [1.807, 2.05) is 69.2 Å². The van der Waals surface area contributed by atoms with Gasteiger partial charge in [-0.25, -0.2) is 8.42 Å². The highest BCUT2D eigenvalue weighted by Gasteiger charge is 2.53. The molecule has 0 fully saturated rings. The van der Waals surface area contributed by atoms with E-state index in [0.29, 0.717) is 6.42 Å². The summed E-state index contributed by atoms with van der Waals surface area (Å²) < 4.78 is 41.5. The van der Waals surface area contributed by atoms with Crippen molar-refractivity contribution in [3.8, 4) is 0 Å². The first-order chi connectivity index (χ1) is 20.9. The van der Waals surface area contributed by atoms with Gasteiger partial charge in [-0.05, 0) is 54.1 Å². The molecule has 1 heterocycles. The number of hydrogen-bond donors (Lipinski definition) is 0. The Morgan fingerprint density at radius 3 is 1.96 bits per heavy atom. The Bertz CT molecular complexity index is 1430. The van der Waals surface area contributed by atoms with Gasteiger partial charge in [0.25, 0.3) is 15.9 Å². The van der Waals surface area contributed by atoms with Crippen LogP contribution in [0.15, 0.2) is 29.2 Å². The molecule has 1 aliphatic rings. The van der Waals surface area contributed by atoms with Crippen molar-refractivity contribution in [2.24, 2.45) is 33.5 Å². The van der Waals surface area contributed by atoms with E-state index in [9.17, 15) is 32.4 Å². The topological polar surface area (TPSA) is 150 Å². The first-order valence-corrected chi connectivity index (χ1v) is 17.0. The van der Waals surface area contributed by atoms with Crippen LogP contribution < -0.4 is 0 Å². The number of esters is 3. The molecule has 12 heteroatoms. The van der Waals surface area contributed by atoms with Gasteiger partial charge in [0.05, 0.1) is 24.0 Å². The Morgan fingerprint density at radius 2 is 1.43 bits per heavy atom. The molecule has 11 nitrogen and oxygen atoms in total. The summed E-state index contributed by atoms with van der Waals surface area (Å²) in [5.74, 6) is -3.87. The molecule has 0 N–H and O–H groups in total. The summed E-state index contributed by atoms with van der Waals surface area (Å²) in [5, 5.41) is 0. The number of rotatable bonds is 13. The number of sulfonamides is 1. The quantitative estimate of drug-likeness (QED) is 0.149. The summed E-state index contributed by atoms with van der Waals surface area (Å²) in [7, 11) is -2.90. The maximum atomic E-state index is 13.6. The van der Waals surface area contributed by atoms with E-state index in [1.165, 1.54) is 31.4 Å². The lowest BCUT2D eigenvalue weighted by Gasteiger charge is -2.48. The molecule has 0 aromatic heterocycles. The van der Waals surface area contributed by atoms with Crippen LogP contribution in [0.4, 0.5) is 0 Å². The molecule has 258 valence electrons. The number of amides is 2. The van der Waals surface area contributed by atoms with E-state index in [1.54, 1.807) is 0 Å². The Balaban J connectivity index is 1.94. The van der Waals surface area contributed by atoms with Gasteiger partial charge in [-0.15, -0.1) is 0 Å². The molecule has 1 aromatic rings. The van der Waals surface area contributed by atoms with Crippen molar-refractivity contribution in [3.05, 3.63) is 29.8 Å². The Labute approximate surface area is 273 Å².